The van der Waals surface area contributed by atoms with Crippen LogP contribution in [0.2, 0.25) is 0 Å². The molecule has 0 saturated heterocycles. The maximum atomic E-state index is 11.1. The molecule has 1 N–H and O–H groups in total. The van der Waals surface area contributed by atoms with Crippen molar-refractivity contribution in [2.45, 2.75) is 6.61 Å². The fourth-order valence-electron chi connectivity index (χ4n) is 1.94. The number of aromatic nitrogens is 1. The van der Waals surface area contributed by atoms with Gasteiger partial charge in [-0.3, -0.25) is 4.98 Å². The number of nitrogens with one attached hydrogen (secondary N) is 1. The number of ether oxygens (including phenoxy) is 1. The van der Waals surface area contributed by atoms with Crippen LogP contribution in [0.3, 0.4) is 0 Å². The Morgan fingerprint density at radius 1 is 1.14 bits per heavy atom. The number of benzene rings is 2. The van der Waals surface area contributed by atoms with Crippen LogP contribution in [0, 0.1) is 3.57 Å². The van der Waals surface area contributed by atoms with Gasteiger partial charge in [-0.2, -0.15) is 0 Å². The van der Waals surface area contributed by atoms with Crippen molar-refractivity contribution in [3.05, 3.63) is 74.5 Å². The second-order valence-electron chi connectivity index (χ2n) is 4.48. The lowest BCUT2D eigenvalue weighted by molar-refractivity contribution is 0.304. The third-order valence-corrected chi connectivity index (χ3v) is 3.89. The van der Waals surface area contributed by atoms with Crippen LogP contribution >= 0.6 is 22.6 Å². The van der Waals surface area contributed by atoms with Crippen molar-refractivity contribution in [1.29, 1.82) is 0 Å². The third-order valence-electron chi connectivity index (χ3n) is 3.00. The number of halogens is 1. The molecule has 1 heterocycles. The zero-order chi connectivity index (χ0) is 14.7. The summed E-state index contributed by atoms with van der Waals surface area (Å²) in [6.45, 7) is 0.502. The van der Waals surface area contributed by atoms with Crippen molar-refractivity contribution >= 4 is 22.6 Å². The smallest absolute Gasteiger partial charge is 0.416 e. The Labute approximate surface area is 134 Å². The predicted octanol–water partition coefficient (Wildman–Crippen LogP) is 3.82. The molecule has 0 saturated carbocycles. The van der Waals surface area contributed by atoms with Gasteiger partial charge >= 0.3 is 5.76 Å². The molecule has 0 aliphatic carbocycles. The van der Waals surface area contributed by atoms with Crippen LogP contribution in [0.1, 0.15) is 5.56 Å². The van der Waals surface area contributed by atoms with E-state index in [1.165, 1.54) is 6.26 Å². The maximum Gasteiger partial charge on any atom is 0.416 e. The molecule has 1 aromatic heterocycles. The second-order valence-corrected chi connectivity index (χ2v) is 5.64. The van der Waals surface area contributed by atoms with Gasteiger partial charge in [-0.25, -0.2) is 4.79 Å². The Morgan fingerprint density at radius 2 is 1.95 bits per heavy atom. The van der Waals surface area contributed by atoms with Crippen LogP contribution in [-0.2, 0) is 6.61 Å². The third kappa shape index (κ3) is 3.36. The van der Waals surface area contributed by atoms with Gasteiger partial charge in [-0.05, 0) is 40.3 Å². The number of rotatable bonds is 4. The normalized spacial score (nSPS) is 10.5. The van der Waals surface area contributed by atoms with Gasteiger partial charge in [0.05, 0.1) is 9.26 Å². The Morgan fingerprint density at radius 3 is 2.67 bits per heavy atom. The molecular formula is C16H12INO3. The summed E-state index contributed by atoms with van der Waals surface area (Å²) in [6.07, 6.45) is 1.41. The molecule has 0 amide bonds. The highest BCUT2D eigenvalue weighted by molar-refractivity contribution is 14.1. The number of oxazole rings is 1. The molecule has 5 heteroatoms. The van der Waals surface area contributed by atoms with E-state index < -0.39 is 5.76 Å². The lowest BCUT2D eigenvalue weighted by atomic mass is 10.1. The van der Waals surface area contributed by atoms with Gasteiger partial charge in [0.2, 0.25) is 0 Å². The van der Waals surface area contributed by atoms with E-state index in [2.05, 4.69) is 27.6 Å². The van der Waals surface area contributed by atoms with Gasteiger partial charge < -0.3 is 9.15 Å². The van der Waals surface area contributed by atoms with E-state index >= 15 is 0 Å². The highest BCUT2D eigenvalue weighted by Crippen LogP contribution is 2.27. The van der Waals surface area contributed by atoms with Gasteiger partial charge in [-0.1, -0.05) is 36.4 Å². The fourth-order valence-corrected chi connectivity index (χ4v) is 2.43. The largest absolute Gasteiger partial charge is 0.488 e. The molecule has 0 aliphatic rings. The van der Waals surface area contributed by atoms with Gasteiger partial charge in [0, 0.05) is 5.56 Å². The van der Waals surface area contributed by atoms with E-state index in [0.29, 0.717) is 12.3 Å². The van der Waals surface area contributed by atoms with Crippen molar-refractivity contribution in [2.75, 3.05) is 0 Å². The van der Waals surface area contributed by atoms with E-state index in [1.807, 2.05) is 48.5 Å². The molecule has 0 spiro atoms. The van der Waals surface area contributed by atoms with Crippen molar-refractivity contribution in [2.24, 2.45) is 0 Å². The van der Waals surface area contributed by atoms with E-state index in [-0.39, 0.29) is 0 Å². The number of hydrogen-bond acceptors (Lipinski definition) is 3. The van der Waals surface area contributed by atoms with Gasteiger partial charge in [0.15, 0.2) is 0 Å². The van der Waals surface area contributed by atoms with E-state index in [1.54, 1.807) is 0 Å². The van der Waals surface area contributed by atoms with Crippen molar-refractivity contribution in [3.63, 3.8) is 0 Å². The van der Waals surface area contributed by atoms with E-state index in [9.17, 15) is 4.79 Å². The SMILES string of the molecule is O=c1[nH]c(-c2ccc(I)c(OCc3ccccc3)c2)co1. The summed E-state index contributed by atoms with van der Waals surface area (Å²) >= 11 is 2.22. The number of H-pyrrole nitrogens is 1. The minimum atomic E-state index is -0.463. The minimum Gasteiger partial charge on any atom is -0.488 e. The second kappa shape index (κ2) is 6.17. The minimum absolute atomic E-state index is 0.463. The lowest BCUT2D eigenvalue weighted by Gasteiger charge is -2.09. The molecule has 21 heavy (non-hydrogen) atoms. The lowest BCUT2D eigenvalue weighted by Crippen LogP contribution is -1.98. The molecule has 3 rings (SSSR count). The van der Waals surface area contributed by atoms with Crippen LogP contribution in [0.4, 0.5) is 0 Å². The highest BCUT2D eigenvalue weighted by Gasteiger charge is 2.07. The van der Waals surface area contributed by atoms with E-state index in [0.717, 1.165) is 20.4 Å². The van der Waals surface area contributed by atoms with Gasteiger partial charge in [0.1, 0.15) is 18.6 Å². The topological polar surface area (TPSA) is 55.2 Å². The van der Waals surface area contributed by atoms with Crippen molar-refractivity contribution in [3.8, 4) is 17.0 Å². The Bertz CT molecular complexity index is 793. The molecule has 0 atom stereocenters. The van der Waals surface area contributed by atoms with Crippen LogP contribution in [-0.4, -0.2) is 4.98 Å². The molecule has 2 aromatic carbocycles. The molecule has 0 unspecified atom stereocenters. The summed E-state index contributed by atoms with van der Waals surface area (Å²) in [7, 11) is 0. The van der Waals surface area contributed by atoms with Crippen LogP contribution < -0.4 is 10.5 Å². The summed E-state index contributed by atoms with van der Waals surface area (Å²) in [5.41, 5.74) is 2.60. The maximum absolute atomic E-state index is 11.1. The van der Waals surface area contributed by atoms with Gasteiger partial charge in [0.25, 0.3) is 0 Å². The molecule has 106 valence electrons. The molecule has 0 bridgehead atoms. The predicted molar refractivity (Wildman–Crippen MR) is 88.3 cm³/mol. The number of aromatic amines is 1. The summed E-state index contributed by atoms with van der Waals surface area (Å²) in [5.74, 6) is 0.314. The Balaban J connectivity index is 1.83. The summed E-state index contributed by atoms with van der Waals surface area (Å²) in [5, 5.41) is 0. The Hall–Kier alpha value is -2.02. The van der Waals surface area contributed by atoms with E-state index in [4.69, 9.17) is 9.15 Å². The molecule has 3 aromatic rings. The fraction of sp³-hybridized carbons (Fsp3) is 0.0625. The zero-order valence-electron chi connectivity index (χ0n) is 11.0. The first kappa shape index (κ1) is 13.9. The first-order chi connectivity index (χ1) is 10.2. The van der Waals surface area contributed by atoms with Crippen molar-refractivity contribution < 1.29 is 9.15 Å². The molecule has 0 radical (unpaired) electrons. The van der Waals surface area contributed by atoms with Crippen LogP contribution in [0.25, 0.3) is 11.3 Å². The summed E-state index contributed by atoms with van der Waals surface area (Å²) in [4.78, 5) is 13.7. The first-order valence-corrected chi connectivity index (χ1v) is 7.45. The summed E-state index contributed by atoms with van der Waals surface area (Å²) < 4.78 is 11.6. The average Bonchev–Trinajstić information content (AvgIpc) is 2.94. The zero-order valence-corrected chi connectivity index (χ0v) is 13.2. The molecule has 4 nitrogen and oxygen atoms in total. The Kier molecular flexibility index (Phi) is 4.10. The average molecular weight is 393 g/mol. The van der Waals surface area contributed by atoms with Crippen molar-refractivity contribution in [1.82, 2.24) is 4.98 Å². The highest BCUT2D eigenvalue weighted by atomic mass is 127. The van der Waals surface area contributed by atoms with Gasteiger partial charge in [-0.15, -0.1) is 0 Å². The van der Waals surface area contributed by atoms with Crippen LogP contribution in [0.15, 0.2) is 64.0 Å². The molecule has 0 aliphatic heterocycles. The molecule has 0 fully saturated rings. The van der Waals surface area contributed by atoms with Crippen LogP contribution in [0.5, 0.6) is 5.75 Å². The molecular weight excluding hydrogens is 381 g/mol. The first-order valence-electron chi connectivity index (χ1n) is 6.37. The quantitative estimate of drug-likeness (QED) is 0.686. The monoisotopic (exact) mass is 393 g/mol. The standard InChI is InChI=1S/C16H12INO3/c17-13-7-6-12(14-10-21-16(19)18-14)8-15(13)20-9-11-4-2-1-3-5-11/h1-8,10H,9H2,(H,18,19). The number of hydrogen-bond donors (Lipinski definition) is 1. The summed E-state index contributed by atoms with van der Waals surface area (Å²) in [6, 6.07) is 15.7.